The molecule has 6 nitrogen and oxygen atoms in total. The van der Waals surface area contributed by atoms with Gasteiger partial charge < -0.3 is 5.32 Å². The van der Waals surface area contributed by atoms with Crippen molar-refractivity contribution in [2.45, 2.75) is 44.6 Å². The number of likely N-dealkylation sites (N-methyl/N-ethyl adjacent to an activating group) is 1. The lowest BCUT2D eigenvalue weighted by Gasteiger charge is -2.22. The van der Waals surface area contributed by atoms with E-state index in [1.165, 1.54) is 6.42 Å². The van der Waals surface area contributed by atoms with E-state index in [-0.39, 0.29) is 10.8 Å². The second-order valence-electron chi connectivity index (χ2n) is 7.59. The van der Waals surface area contributed by atoms with Gasteiger partial charge in [-0.1, -0.05) is 19.1 Å². The lowest BCUT2D eigenvalue weighted by atomic mass is 10.1. The number of rotatable bonds is 7. The van der Waals surface area contributed by atoms with Crippen LogP contribution < -0.4 is 10.0 Å². The fourth-order valence-electron chi connectivity index (χ4n) is 3.75. The number of carbonyl (C=O) groups is 1. The summed E-state index contributed by atoms with van der Waals surface area (Å²) >= 11 is 0. The number of carbonyl (C=O) groups excluding carboxylic acids is 1. The SMILES string of the molecule is CCN1CCC[C@@H]1CNC(=O)c1ccc(NS(=O)(=O)c2cc(C)ccc2C)cc1. The molecule has 1 aliphatic rings. The average Bonchev–Trinajstić information content (AvgIpc) is 3.15. The molecule has 0 saturated carbocycles. The van der Waals surface area contributed by atoms with Crippen molar-refractivity contribution in [2.75, 3.05) is 24.4 Å². The molecule has 1 amide bonds. The van der Waals surface area contributed by atoms with E-state index >= 15 is 0 Å². The number of likely N-dealkylation sites (tertiary alicyclic amines) is 1. The number of nitrogens with zero attached hydrogens (tertiary/aromatic N) is 1. The number of benzene rings is 2. The van der Waals surface area contributed by atoms with E-state index in [1.54, 1.807) is 43.3 Å². The van der Waals surface area contributed by atoms with Crippen molar-refractivity contribution in [3.05, 3.63) is 59.2 Å². The van der Waals surface area contributed by atoms with Crippen LogP contribution in [-0.2, 0) is 10.0 Å². The summed E-state index contributed by atoms with van der Waals surface area (Å²) in [6, 6.07) is 12.2. The molecule has 156 valence electrons. The number of hydrogen-bond acceptors (Lipinski definition) is 4. The molecule has 1 fully saturated rings. The highest BCUT2D eigenvalue weighted by molar-refractivity contribution is 7.92. The van der Waals surface area contributed by atoms with Gasteiger partial charge in [0, 0.05) is 23.8 Å². The number of aryl methyl sites for hydroxylation is 2. The minimum atomic E-state index is -3.69. The Labute approximate surface area is 173 Å². The minimum Gasteiger partial charge on any atom is -0.350 e. The Hall–Kier alpha value is -2.38. The third-order valence-corrected chi connectivity index (χ3v) is 6.96. The fraction of sp³-hybridized carbons (Fsp3) is 0.409. The minimum absolute atomic E-state index is 0.142. The molecule has 1 aliphatic heterocycles. The van der Waals surface area contributed by atoms with Gasteiger partial charge in [0.25, 0.3) is 15.9 Å². The van der Waals surface area contributed by atoms with Gasteiger partial charge in [0.15, 0.2) is 0 Å². The van der Waals surface area contributed by atoms with Crippen LogP contribution >= 0.6 is 0 Å². The second-order valence-corrected chi connectivity index (χ2v) is 9.24. The molecule has 29 heavy (non-hydrogen) atoms. The second kappa shape index (κ2) is 8.97. The van der Waals surface area contributed by atoms with Crippen molar-refractivity contribution < 1.29 is 13.2 Å². The Bertz CT molecular complexity index is 971. The summed E-state index contributed by atoms with van der Waals surface area (Å²) in [5.41, 5.74) is 2.51. The molecule has 0 unspecified atom stereocenters. The summed E-state index contributed by atoms with van der Waals surface area (Å²) in [5.74, 6) is -0.142. The van der Waals surface area contributed by atoms with Crippen LogP contribution in [0.5, 0.6) is 0 Å². The molecule has 0 spiro atoms. The highest BCUT2D eigenvalue weighted by Crippen LogP contribution is 2.21. The number of amides is 1. The number of hydrogen-bond donors (Lipinski definition) is 2. The first-order valence-corrected chi connectivity index (χ1v) is 11.5. The smallest absolute Gasteiger partial charge is 0.262 e. The van der Waals surface area contributed by atoms with Crippen molar-refractivity contribution in [1.82, 2.24) is 10.2 Å². The predicted molar refractivity (Wildman–Crippen MR) is 116 cm³/mol. The third-order valence-electron chi connectivity index (χ3n) is 5.44. The maximum Gasteiger partial charge on any atom is 0.262 e. The maximum atomic E-state index is 12.7. The average molecular weight is 416 g/mol. The highest BCUT2D eigenvalue weighted by Gasteiger charge is 2.23. The van der Waals surface area contributed by atoms with E-state index in [0.29, 0.717) is 29.4 Å². The molecule has 1 atom stereocenters. The first-order valence-electron chi connectivity index (χ1n) is 10.0. The van der Waals surface area contributed by atoms with Crippen molar-refractivity contribution in [3.63, 3.8) is 0 Å². The van der Waals surface area contributed by atoms with E-state index in [4.69, 9.17) is 0 Å². The van der Waals surface area contributed by atoms with E-state index in [1.807, 2.05) is 13.0 Å². The normalized spacial score (nSPS) is 17.3. The Kier molecular flexibility index (Phi) is 6.59. The molecular weight excluding hydrogens is 386 g/mol. The molecule has 2 N–H and O–H groups in total. The zero-order chi connectivity index (χ0) is 21.0. The third kappa shape index (κ3) is 5.16. The Balaban J connectivity index is 1.63. The molecule has 1 heterocycles. The Morgan fingerprint density at radius 1 is 1.14 bits per heavy atom. The van der Waals surface area contributed by atoms with Crippen LogP contribution in [0.2, 0.25) is 0 Å². The van der Waals surface area contributed by atoms with Gasteiger partial charge in [-0.05, 0) is 81.2 Å². The summed E-state index contributed by atoms with van der Waals surface area (Å²) in [6.07, 6.45) is 2.27. The van der Waals surface area contributed by atoms with E-state index < -0.39 is 10.0 Å². The summed E-state index contributed by atoms with van der Waals surface area (Å²) < 4.78 is 28.0. The van der Waals surface area contributed by atoms with Crippen LogP contribution in [0.4, 0.5) is 5.69 Å². The maximum absolute atomic E-state index is 12.7. The molecule has 1 saturated heterocycles. The standard InChI is InChI=1S/C22H29N3O3S/c1-4-25-13-5-6-20(25)15-23-22(26)18-9-11-19(12-10-18)24-29(27,28)21-14-16(2)7-8-17(21)3/h7-12,14,20,24H,4-6,13,15H2,1-3H3,(H,23,26)/t20-/m1/s1. The summed E-state index contributed by atoms with van der Waals surface area (Å²) in [6.45, 7) is 8.48. The zero-order valence-electron chi connectivity index (χ0n) is 17.2. The first-order chi connectivity index (χ1) is 13.8. The van der Waals surface area contributed by atoms with Gasteiger partial charge in [-0.15, -0.1) is 0 Å². The van der Waals surface area contributed by atoms with Crippen LogP contribution in [0.25, 0.3) is 0 Å². The largest absolute Gasteiger partial charge is 0.350 e. The molecule has 2 aromatic carbocycles. The zero-order valence-corrected chi connectivity index (χ0v) is 18.1. The number of anilines is 1. The molecule has 0 aliphatic carbocycles. The van der Waals surface area contributed by atoms with E-state index in [9.17, 15) is 13.2 Å². The number of sulfonamides is 1. The van der Waals surface area contributed by atoms with Gasteiger partial charge in [0.2, 0.25) is 0 Å². The topological polar surface area (TPSA) is 78.5 Å². The van der Waals surface area contributed by atoms with E-state index in [2.05, 4.69) is 21.9 Å². The lowest BCUT2D eigenvalue weighted by molar-refractivity contribution is 0.0941. The van der Waals surface area contributed by atoms with E-state index in [0.717, 1.165) is 25.1 Å². The Morgan fingerprint density at radius 3 is 2.55 bits per heavy atom. The van der Waals surface area contributed by atoms with Crippen molar-refractivity contribution >= 4 is 21.6 Å². The molecule has 0 bridgehead atoms. The van der Waals surface area contributed by atoms with Crippen LogP contribution in [0.1, 0.15) is 41.3 Å². The predicted octanol–water partition coefficient (Wildman–Crippen LogP) is 3.32. The molecule has 0 radical (unpaired) electrons. The van der Waals surface area contributed by atoms with Crippen molar-refractivity contribution in [1.29, 1.82) is 0 Å². The van der Waals surface area contributed by atoms with Crippen LogP contribution in [0.15, 0.2) is 47.4 Å². The van der Waals surface area contributed by atoms with Crippen LogP contribution in [0.3, 0.4) is 0 Å². The monoisotopic (exact) mass is 415 g/mol. The fourth-order valence-corrected chi connectivity index (χ4v) is 5.14. The van der Waals surface area contributed by atoms with Gasteiger partial charge >= 0.3 is 0 Å². The first kappa shape index (κ1) is 21.3. The molecule has 3 rings (SSSR count). The Morgan fingerprint density at radius 2 is 1.86 bits per heavy atom. The molecule has 0 aromatic heterocycles. The summed E-state index contributed by atoms with van der Waals surface area (Å²) in [7, 11) is -3.69. The summed E-state index contributed by atoms with van der Waals surface area (Å²) in [5, 5.41) is 2.99. The van der Waals surface area contributed by atoms with Crippen LogP contribution in [0, 0.1) is 13.8 Å². The highest BCUT2D eigenvalue weighted by atomic mass is 32.2. The lowest BCUT2D eigenvalue weighted by Crippen LogP contribution is -2.40. The van der Waals surface area contributed by atoms with Gasteiger partial charge in [0.05, 0.1) is 4.90 Å². The van der Waals surface area contributed by atoms with Gasteiger partial charge in [0.1, 0.15) is 0 Å². The van der Waals surface area contributed by atoms with Crippen LogP contribution in [-0.4, -0.2) is 44.9 Å². The quantitative estimate of drug-likeness (QED) is 0.727. The number of nitrogens with one attached hydrogen (secondary N) is 2. The van der Waals surface area contributed by atoms with Gasteiger partial charge in [-0.25, -0.2) is 8.42 Å². The summed E-state index contributed by atoms with van der Waals surface area (Å²) in [4.78, 5) is 15.1. The molecule has 2 aromatic rings. The van der Waals surface area contributed by atoms with Gasteiger partial charge in [-0.2, -0.15) is 0 Å². The molecule has 7 heteroatoms. The van der Waals surface area contributed by atoms with Gasteiger partial charge in [-0.3, -0.25) is 14.4 Å². The van der Waals surface area contributed by atoms with Crippen molar-refractivity contribution in [3.8, 4) is 0 Å². The molecular formula is C22H29N3O3S. The van der Waals surface area contributed by atoms with Crippen molar-refractivity contribution in [2.24, 2.45) is 0 Å².